The fourth-order valence-corrected chi connectivity index (χ4v) is 1.41. The molecule has 0 unspecified atom stereocenters. The van der Waals surface area contributed by atoms with Crippen molar-refractivity contribution in [3.63, 3.8) is 0 Å². The van der Waals surface area contributed by atoms with E-state index in [1.54, 1.807) is 0 Å². The van der Waals surface area contributed by atoms with Crippen molar-refractivity contribution in [1.82, 2.24) is 5.16 Å². The summed E-state index contributed by atoms with van der Waals surface area (Å²) in [6, 6.07) is 3.17. The van der Waals surface area contributed by atoms with Crippen LogP contribution in [0.25, 0.3) is 11.3 Å². The first kappa shape index (κ1) is 11.9. The van der Waals surface area contributed by atoms with Crippen molar-refractivity contribution in [2.24, 2.45) is 0 Å². The van der Waals surface area contributed by atoms with Crippen molar-refractivity contribution in [3.05, 3.63) is 29.8 Å². The standard InChI is InChI=1S/C11H8FNO5/c1-17-9-2-5(8(14)3-6(9)12)7-4-10(11(15)16)18-13-7/h2-4,14H,1H3,(H,15,16). The number of hydrogen-bond donors (Lipinski definition) is 2. The van der Waals surface area contributed by atoms with Crippen molar-refractivity contribution in [2.75, 3.05) is 7.11 Å². The van der Waals surface area contributed by atoms with Crippen LogP contribution < -0.4 is 4.74 Å². The lowest BCUT2D eigenvalue weighted by atomic mass is 10.1. The van der Waals surface area contributed by atoms with Crippen LogP contribution in [0, 0.1) is 5.82 Å². The molecule has 18 heavy (non-hydrogen) atoms. The van der Waals surface area contributed by atoms with Gasteiger partial charge in [-0.1, -0.05) is 5.16 Å². The topological polar surface area (TPSA) is 92.8 Å². The van der Waals surface area contributed by atoms with Crippen LogP contribution in [0.5, 0.6) is 11.5 Å². The summed E-state index contributed by atoms with van der Waals surface area (Å²) in [6.07, 6.45) is 0. The molecule has 2 rings (SSSR count). The van der Waals surface area contributed by atoms with Gasteiger partial charge in [-0.25, -0.2) is 9.18 Å². The Balaban J connectivity index is 2.52. The van der Waals surface area contributed by atoms with Crippen LogP contribution in [0.1, 0.15) is 10.6 Å². The Kier molecular flexibility index (Phi) is 2.88. The summed E-state index contributed by atoms with van der Waals surface area (Å²) in [6.45, 7) is 0. The predicted octanol–water partition coefficient (Wildman–Crippen LogP) is 1.89. The van der Waals surface area contributed by atoms with Gasteiger partial charge in [0.25, 0.3) is 0 Å². The minimum Gasteiger partial charge on any atom is -0.507 e. The fraction of sp³-hybridized carbons (Fsp3) is 0.0909. The molecule has 1 aromatic heterocycles. The maximum Gasteiger partial charge on any atom is 0.374 e. The number of hydrogen-bond acceptors (Lipinski definition) is 5. The van der Waals surface area contributed by atoms with E-state index in [2.05, 4.69) is 9.68 Å². The number of aromatic nitrogens is 1. The molecule has 0 aliphatic heterocycles. The van der Waals surface area contributed by atoms with E-state index in [-0.39, 0.29) is 22.8 Å². The minimum atomic E-state index is -1.29. The Labute approximate surface area is 100 Å². The zero-order chi connectivity index (χ0) is 13.3. The van der Waals surface area contributed by atoms with Gasteiger partial charge in [-0.2, -0.15) is 0 Å². The molecule has 0 fully saturated rings. The predicted molar refractivity (Wildman–Crippen MR) is 57.1 cm³/mol. The molecule has 0 aliphatic carbocycles. The molecule has 0 spiro atoms. The quantitative estimate of drug-likeness (QED) is 0.867. The number of carbonyl (C=O) groups is 1. The average molecular weight is 253 g/mol. The summed E-state index contributed by atoms with van der Waals surface area (Å²) in [4.78, 5) is 10.6. The number of nitrogens with zero attached hydrogens (tertiary/aromatic N) is 1. The lowest BCUT2D eigenvalue weighted by molar-refractivity contribution is 0.0652. The molecular weight excluding hydrogens is 245 g/mol. The van der Waals surface area contributed by atoms with E-state index in [4.69, 9.17) is 9.84 Å². The highest BCUT2D eigenvalue weighted by Crippen LogP contribution is 2.34. The van der Waals surface area contributed by atoms with Crippen molar-refractivity contribution in [1.29, 1.82) is 0 Å². The second-order valence-corrected chi connectivity index (χ2v) is 3.39. The second kappa shape index (κ2) is 4.36. The maximum absolute atomic E-state index is 13.3. The van der Waals surface area contributed by atoms with Gasteiger partial charge in [-0.05, 0) is 6.07 Å². The Bertz CT molecular complexity index is 607. The largest absolute Gasteiger partial charge is 0.507 e. The highest BCUT2D eigenvalue weighted by Gasteiger charge is 2.17. The number of aromatic hydroxyl groups is 1. The fourth-order valence-electron chi connectivity index (χ4n) is 1.41. The third-order valence-electron chi connectivity index (χ3n) is 2.27. The smallest absolute Gasteiger partial charge is 0.374 e. The SMILES string of the molecule is COc1cc(-c2cc(C(=O)O)on2)c(O)cc1F. The van der Waals surface area contributed by atoms with Crippen LogP contribution >= 0.6 is 0 Å². The molecule has 0 saturated heterocycles. The lowest BCUT2D eigenvalue weighted by Crippen LogP contribution is -1.92. The van der Waals surface area contributed by atoms with Gasteiger partial charge in [0.05, 0.1) is 7.11 Å². The number of ether oxygens (including phenoxy) is 1. The summed E-state index contributed by atoms with van der Waals surface area (Å²) in [5, 5.41) is 21.7. The van der Waals surface area contributed by atoms with Gasteiger partial charge in [0.15, 0.2) is 11.6 Å². The number of phenolic OH excluding ortho intramolecular Hbond substituents is 1. The summed E-state index contributed by atoms with van der Waals surface area (Å²) >= 11 is 0. The van der Waals surface area contributed by atoms with Gasteiger partial charge in [0.2, 0.25) is 5.76 Å². The summed E-state index contributed by atoms with van der Waals surface area (Å²) in [5.41, 5.74) is 0.188. The van der Waals surface area contributed by atoms with Gasteiger partial charge >= 0.3 is 5.97 Å². The van der Waals surface area contributed by atoms with Crippen LogP contribution in [0.15, 0.2) is 22.7 Å². The van der Waals surface area contributed by atoms with E-state index < -0.39 is 17.5 Å². The Morgan fingerprint density at radius 2 is 2.17 bits per heavy atom. The molecule has 6 nitrogen and oxygen atoms in total. The van der Waals surface area contributed by atoms with Crippen molar-refractivity contribution in [3.8, 4) is 22.8 Å². The van der Waals surface area contributed by atoms with Crippen molar-refractivity contribution < 1.29 is 28.7 Å². The lowest BCUT2D eigenvalue weighted by Gasteiger charge is -2.05. The molecule has 0 aliphatic rings. The maximum atomic E-state index is 13.3. The molecule has 94 valence electrons. The number of phenols is 1. The summed E-state index contributed by atoms with van der Waals surface area (Å²) in [5.74, 6) is -2.89. The normalized spacial score (nSPS) is 10.3. The zero-order valence-corrected chi connectivity index (χ0v) is 9.18. The molecule has 0 radical (unpaired) electrons. The van der Waals surface area contributed by atoms with E-state index in [1.807, 2.05) is 0 Å². The first-order valence-electron chi connectivity index (χ1n) is 4.80. The number of benzene rings is 1. The second-order valence-electron chi connectivity index (χ2n) is 3.39. The van der Waals surface area contributed by atoms with Crippen LogP contribution in [-0.4, -0.2) is 28.4 Å². The molecule has 1 aromatic carbocycles. The third kappa shape index (κ3) is 1.97. The molecule has 2 aromatic rings. The van der Waals surface area contributed by atoms with Crippen molar-refractivity contribution >= 4 is 5.97 Å². The first-order valence-corrected chi connectivity index (χ1v) is 4.80. The van der Waals surface area contributed by atoms with E-state index in [1.165, 1.54) is 13.2 Å². The Hall–Kier alpha value is -2.57. The molecular formula is C11H8FNO5. The van der Waals surface area contributed by atoms with E-state index in [0.29, 0.717) is 0 Å². The molecule has 1 heterocycles. The number of methoxy groups -OCH3 is 1. The van der Waals surface area contributed by atoms with Crippen molar-refractivity contribution in [2.45, 2.75) is 0 Å². The number of carboxylic acids is 1. The zero-order valence-electron chi connectivity index (χ0n) is 9.18. The van der Waals surface area contributed by atoms with E-state index in [9.17, 15) is 14.3 Å². The highest BCUT2D eigenvalue weighted by atomic mass is 19.1. The minimum absolute atomic E-state index is 0.0724. The summed E-state index contributed by atoms with van der Waals surface area (Å²) < 4.78 is 22.6. The molecule has 0 atom stereocenters. The van der Waals surface area contributed by atoms with E-state index in [0.717, 1.165) is 12.1 Å². The van der Waals surface area contributed by atoms with Crippen LogP contribution in [-0.2, 0) is 0 Å². The van der Waals surface area contributed by atoms with Gasteiger partial charge in [-0.15, -0.1) is 0 Å². The molecule has 0 saturated carbocycles. The van der Waals surface area contributed by atoms with Crippen LogP contribution in [0.3, 0.4) is 0 Å². The van der Waals surface area contributed by atoms with Gasteiger partial charge < -0.3 is 19.5 Å². The number of rotatable bonds is 3. The van der Waals surface area contributed by atoms with Crippen LogP contribution in [0.2, 0.25) is 0 Å². The number of halogens is 1. The molecule has 7 heteroatoms. The highest BCUT2D eigenvalue weighted by molar-refractivity contribution is 5.86. The van der Waals surface area contributed by atoms with Crippen LogP contribution in [0.4, 0.5) is 4.39 Å². The Morgan fingerprint density at radius 1 is 1.44 bits per heavy atom. The van der Waals surface area contributed by atoms with Gasteiger partial charge in [0.1, 0.15) is 11.4 Å². The van der Waals surface area contributed by atoms with Gasteiger partial charge in [0, 0.05) is 17.7 Å². The third-order valence-corrected chi connectivity index (χ3v) is 2.27. The number of aromatic carboxylic acids is 1. The average Bonchev–Trinajstić information content (AvgIpc) is 2.78. The van der Waals surface area contributed by atoms with E-state index >= 15 is 0 Å². The molecule has 0 amide bonds. The number of carboxylic acid groups (broad SMARTS) is 1. The van der Waals surface area contributed by atoms with Gasteiger partial charge in [-0.3, -0.25) is 0 Å². The first-order chi connectivity index (χ1) is 8.52. The Morgan fingerprint density at radius 3 is 2.72 bits per heavy atom. The summed E-state index contributed by atoms with van der Waals surface area (Å²) in [7, 11) is 1.27. The molecule has 0 bridgehead atoms. The monoisotopic (exact) mass is 253 g/mol. The molecule has 2 N–H and O–H groups in total.